The third-order valence-corrected chi connectivity index (χ3v) is 22.9. The number of nitrogens with one attached hydrogen (secondary N) is 1. The van der Waals surface area contributed by atoms with E-state index in [1.165, 1.54) is 6.08 Å². The summed E-state index contributed by atoms with van der Waals surface area (Å²) in [4.78, 5) is 16.1. The SMILES string of the molecule is CC(C)(C)[Si](C)(C)OCCOC(=O)C=Cc1ccc2c(c1)CCC2N(CCc1c[nH]c2ccccc12)S(=O)(=O)c1ccc(OCCO[Si](C)(C)C(C)(C)C)cc1. The number of rotatable bonds is 17. The highest BCUT2D eigenvalue weighted by molar-refractivity contribution is 7.89. The molecule has 3 aromatic carbocycles. The van der Waals surface area contributed by atoms with Crippen molar-refractivity contribution in [2.45, 2.75) is 108 Å². The molecule has 0 radical (unpaired) electrons. The quantitative estimate of drug-likeness (QED) is 0.0489. The maximum atomic E-state index is 14.6. The predicted molar refractivity (Wildman–Crippen MR) is 232 cm³/mol. The fourth-order valence-electron chi connectivity index (χ4n) is 6.41. The predicted octanol–water partition coefficient (Wildman–Crippen LogP) is 10.1. The molecule has 1 unspecified atom stereocenters. The molecule has 0 fully saturated rings. The van der Waals surface area contributed by atoms with Gasteiger partial charge >= 0.3 is 5.97 Å². The molecule has 56 heavy (non-hydrogen) atoms. The Bertz CT molecular complexity index is 2100. The van der Waals surface area contributed by atoms with E-state index in [2.05, 4.69) is 78.8 Å². The topological polar surface area (TPSA) is 107 Å². The highest BCUT2D eigenvalue weighted by atomic mass is 32.2. The summed E-state index contributed by atoms with van der Waals surface area (Å²) < 4.78 is 54.6. The van der Waals surface area contributed by atoms with Crippen LogP contribution in [0, 0.1) is 0 Å². The second-order valence-corrected chi connectivity index (χ2v) is 29.3. The first-order chi connectivity index (χ1) is 26.2. The van der Waals surface area contributed by atoms with Crippen LogP contribution in [0.1, 0.15) is 76.3 Å². The zero-order valence-electron chi connectivity index (χ0n) is 35.0. The Labute approximate surface area is 337 Å². The lowest BCUT2D eigenvalue weighted by Crippen LogP contribution is -2.41. The van der Waals surface area contributed by atoms with E-state index in [0.717, 1.165) is 39.6 Å². The van der Waals surface area contributed by atoms with Gasteiger partial charge in [-0.25, -0.2) is 13.2 Å². The van der Waals surface area contributed by atoms with Gasteiger partial charge in [-0.05, 0) is 114 Å². The Morgan fingerprint density at radius 3 is 2.16 bits per heavy atom. The molecule has 1 aliphatic carbocycles. The van der Waals surface area contributed by atoms with E-state index in [4.69, 9.17) is 18.3 Å². The van der Waals surface area contributed by atoms with Crippen LogP contribution in [0.25, 0.3) is 17.0 Å². The fourth-order valence-corrected chi connectivity index (χ4v) is 10.1. The van der Waals surface area contributed by atoms with Gasteiger partial charge in [0.15, 0.2) is 16.6 Å². The number of sulfonamides is 1. The van der Waals surface area contributed by atoms with Crippen molar-refractivity contribution in [3.8, 4) is 5.75 Å². The molecule has 1 heterocycles. The Morgan fingerprint density at radius 1 is 0.857 bits per heavy atom. The lowest BCUT2D eigenvalue weighted by Gasteiger charge is -2.36. The Hall–Kier alpha value is -3.53. The van der Waals surface area contributed by atoms with Crippen LogP contribution in [0.5, 0.6) is 5.75 Å². The number of carbonyl (C=O) groups excluding carboxylic acids is 1. The third-order valence-electron chi connectivity index (χ3n) is 11.9. The summed E-state index contributed by atoms with van der Waals surface area (Å²) in [5.41, 5.74) is 5.01. The van der Waals surface area contributed by atoms with E-state index in [-0.39, 0.29) is 27.6 Å². The van der Waals surface area contributed by atoms with Crippen LogP contribution in [0.4, 0.5) is 0 Å². The van der Waals surface area contributed by atoms with Crippen molar-refractivity contribution in [2.24, 2.45) is 0 Å². The minimum atomic E-state index is -3.91. The van der Waals surface area contributed by atoms with Crippen molar-refractivity contribution in [1.29, 1.82) is 0 Å². The first kappa shape index (κ1) is 43.6. The third kappa shape index (κ3) is 10.5. The zero-order chi connectivity index (χ0) is 40.9. The van der Waals surface area contributed by atoms with E-state index in [1.807, 2.05) is 42.6 Å². The van der Waals surface area contributed by atoms with Crippen LogP contribution in [0.15, 0.2) is 83.9 Å². The van der Waals surface area contributed by atoms with Crippen LogP contribution < -0.4 is 4.74 Å². The van der Waals surface area contributed by atoms with Gasteiger partial charge in [0, 0.05) is 29.7 Å². The number of hydrogen-bond donors (Lipinski definition) is 1. The first-order valence-electron chi connectivity index (χ1n) is 19.7. The zero-order valence-corrected chi connectivity index (χ0v) is 37.8. The number of aryl methyl sites for hydroxylation is 1. The normalized spacial score (nSPS) is 15.5. The summed E-state index contributed by atoms with van der Waals surface area (Å²) in [5.74, 6) is 0.177. The van der Waals surface area contributed by atoms with E-state index >= 15 is 0 Å². The molecule has 1 N–H and O–H groups in total. The Kier molecular flexibility index (Phi) is 13.7. The van der Waals surface area contributed by atoms with Crippen molar-refractivity contribution in [1.82, 2.24) is 9.29 Å². The lowest BCUT2D eigenvalue weighted by atomic mass is 10.0. The van der Waals surface area contributed by atoms with Gasteiger partial charge in [0.2, 0.25) is 10.0 Å². The summed E-state index contributed by atoms with van der Waals surface area (Å²) >= 11 is 0. The molecule has 0 saturated heterocycles. The maximum Gasteiger partial charge on any atom is 0.330 e. The highest BCUT2D eigenvalue weighted by Gasteiger charge is 2.39. The van der Waals surface area contributed by atoms with E-state index < -0.39 is 32.6 Å². The number of esters is 1. The number of ether oxygens (including phenoxy) is 2. The number of hydrogen-bond acceptors (Lipinski definition) is 7. The number of aromatic nitrogens is 1. The summed E-state index contributed by atoms with van der Waals surface area (Å²) in [6, 6.07) is 20.5. The van der Waals surface area contributed by atoms with Crippen LogP contribution in [0.2, 0.25) is 36.3 Å². The van der Waals surface area contributed by atoms with Gasteiger partial charge < -0.3 is 23.3 Å². The average molecular weight is 819 g/mol. The van der Waals surface area contributed by atoms with Gasteiger partial charge in [0.1, 0.15) is 19.0 Å². The van der Waals surface area contributed by atoms with Crippen molar-refractivity contribution in [3.63, 3.8) is 0 Å². The van der Waals surface area contributed by atoms with Gasteiger partial charge in [0.05, 0.1) is 24.2 Å². The molecule has 0 bridgehead atoms. The molecule has 1 aliphatic rings. The maximum absolute atomic E-state index is 14.6. The lowest BCUT2D eigenvalue weighted by molar-refractivity contribution is -0.138. The van der Waals surface area contributed by atoms with Gasteiger partial charge in [-0.2, -0.15) is 4.31 Å². The van der Waals surface area contributed by atoms with Crippen LogP contribution in [0.3, 0.4) is 0 Å². The molecule has 0 aliphatic heterocycles. The molecule has 12 heteroatoms. The summed E-state index contributed by atoms with van der Waals surface area (Å²) in [7, 11) is -7.71. The summed E-state index contributed by atoms with van der Waals surface area (Å²) in [6.07, 6.45) is 7.09. The Morgan fingerprint density at radius 2 is 1.50 bits per heavy atom. The number of benzene rings is 3. The molecule has 304 valence electrons. The van der Waals surface area contributed by atoms with Crippen molar-refractivity contribution >= 4 is 49.6 Å². The van der Waals surface area contributed by atoms with E-state index in [9.17, 15) is 13.2 Å². The molecule has 0 spiro atoms. The van der Waals surface area contributed by atoms with Crippen LogP contribution in [-0.2, 0) is 41.2 Å². The van der Waals surface area contributed by atoms with Crippen molar-refractivity contribution in [3.05, 3.63) is 101 Å². The smallest absolute Gasteiger partial charge is 0.330 e. The number of carbonyl (C=O) groups is 1. The summed E-state index contributed by atoms with van der Waals surface area (Å²) in [6.45, 7) is 23.7. The highest BCUT2D eigenvalue weighted by Crippen LogP contribution is 2.40. The van der Waals surface area contributed by atoms with Crippen molar-refractivity contribution in [2.75, 3.05) is 33.0 Å². The number of H-pyrrole nitrogens is 1. The molecular formula is C44H62N2O7SSi2. The minimum Gasteiger partial charge on any atom is -0.491 e. The van der Waals surface area contributed by atoms with Gasteiger partial charge in [0.25, 0.3) is 0 Å². The molecule has 0 amide bonds. The molecule has 4 aromatic rings. The van der Waals surface area contributed by atoms with Crippen LogP contribution in [-0.4, -0.2) is 73.3 Å². The monoisotopic (exact) mass is 818 g/mol. The summed E-state index contributed by atoms with van der Waals surface area (Å²) in [5, 5.41) is 1.29. The molecular weight excluding hydrogens is 757 g/mol. The molecule has 1 atom stereocenters. The van der Waals surface area contributed by atoms with Crippen molar-refractivity contribution < 1.29 is 31.5 Å². The second kappa shape index (κ2) is 17.5. The fraction of sp³-hybridized carbons (Fsp3) is 0.477. The first-order valence-corrected chi connectivity index (χ1v) is 27.0. The average Bonchev–Trinajstić information content (AvgIpc) is 3.74. The molecule has 5 rings (SSSR count). The minimum absolute atomic E-state index is 0.0871. The van der Waals surface area contributed by atoms with Crippen LogP contribution >= 0.6 is 0 Å². The van der Waals surface area contributed by atoms with E-state index in [1.54, 1.807) is 34.6 Å². The van der Waals surface area contributed by atoms with E-state index in [0.29, 0.717) is 45.0 Å². The molecule has 0 saturated carbocycles. The van der Waals surface area contributed by atoms with Gasteiger partial charge in [-0.1, -0.05) is 77.9 Å². The number of aromatic amines is 1. The van der Waals surface area contributed by atoms with Gasteiger partial charge in [-0.15, -0.1) is 0 Å². The largest absolute Gasteiger partial charge is 0.491 e. The van der Waals surface area contributed by atoms with Gasteiger partial charge in [-0.3, -0.25) is 0 Å². The molecule has 1 aromatic heterocycles. The second-order valence-electron chi connectivity index (χ2n) is 17.8. The number of fused-ring (bicyclic) bond motifs is 2. The number of para-hydroxylation sites is 1. The Balaban J connectivity index is 1.29. The standard InChI is InChI=1S/C44H62N2O7SSi2/c1-43(2,3)55(7,8)52-29-27-50-36-18-20-37(21-19-36)54(48,49)46(26-25-35-32-45-40-14-12-11-13-38(35)40)41-23-17-34-31-33(15-22-39(34)41)16-24-42(47)51-28-30-53-56(9,10)44(4,5)6/h11-16,18-22,24,31-32,41,45H,17,23,25-30H2,1-10H3. The number of nitrogens with zero attached hydrogens (tertiary/aromatic N) is 1. The molecule has 9 nitrogen and oxygen atoms in total.